The summed E-state index contributed by atoms with van der Waals surface area (Å²) in [7, 11) is 0. The maximum Gasteiger partial charge on any atom is 0.471 e. The number of rotatable bonds is 4. The van der Waals surface area contributed by atoms with E-state index in [9.17, 15) is 18.0 Å². The van der Waals surface area contributed by atoms with E-state index in [-0.39, 0.29) is 19.1 Å². The number of hydrogen-bond acceptors (Lipinski definition) is 4. The van der Waals surface area contributed by atoms with E-state index in [4.69, 9.17) is 4.74 Å². The molecule has 4 fully saturated rings. The molecule has 5 nitrogen and oxygen atoms in total. The van der Waals surface area contributed by atoms with Crippen molar-refractivity contribution in [3.05, 3.63) is 64.9 Å². The first-order chi connectivity index (χ1) is 17.2. The second-order valence-corrected chi connectivity index (χ2v) is 11.3. The van der Waals surface area contributed by atoms with Gasteiger partial charge in [0.1, 0.15) is 6.10 Å². The third-order valence-corrected chi connectivity index (χ3v) is 8.99. The number of carbonyl (C=O) groups is 1. The molecule has 3 saturated carbocycles. The van der Waals surface area contributed by atoms with Crippen LogP contribution in [0.25, 0.3) is 5.57 Å². The van der Waals surface area contributed by atoms with E-state index in [1.807, 2.05) is 12.3 Å². The minimum atomic E-state index is -4.85. The summed E-state index contributed by atoms with van der Waals surface area (Å²) in [5.74, 6) is -0.547. The maximum atomic E-state index is 12.6. The van der Waals surface area contributed by atoms with Crippen molar-refractivity contribution in [2.24, 2.45) is 5.92 Å². The molecule has 1 aromatic heterocycles. The van der Waals surface area contributed by atoms with E-state index >= 15 is 0 Å². The van der Waals surface area contributed by atoms with Gasteiger partial charge in [-0.25, -0.2) is 4.98 Å². The van der Waals surface area contributed by atoms with Gasteiger partial charge in [-0.3, -0.25) is 9.69 Å². The number of likely N-dealkylation sites (tertiary alicyclic amines) is 1. The van der Waals surface area contributed by atoms with Gasteiger partial charge in [0.2, 0.25) is 5.88 Å². The number of nitrogens with zero attached hydrogens (tertiary/aromatic N) is 3. The predicted octanol–water partition coefficient (Wildman–Crippen LogP) is 4.93. The summed E-state index contributed by atoms with van der Waals surface area (Å²) in [4.78, 5) is 19.4. The van der Waals surface area contributed by atoms with Crippen molar-refractivity contribution in [2.45, 2.75) is 68.9 Å². The molecule has 0 radical (unpaired) electrons. The second-order valence-electron chi connectivity index (χ2n) is 11.3. The minimum absolute atomic E-state index is 0.0755. The molecule has 2 bridgehead atoms. The van der Waals surface area contributed by atoms with Crippen LogP contribution in [0.5, 0.6) is 5.88 Å². The summed E-state index contributed by atoms with van der Waals surface area (Å²) >= 11 is 0. The standard InChI is InChI=1S/C28H28F3N3O2/c1-16-8-22-21-5-3-2-4-18(21)9-23(22)25(34(16)27-10-17(11-27)12-27)19-6-7-24(32-13-19)36-20-14-33(15-20)26(35)28(29,30)31/h2-7,13,16-17,20,25H,8-12,14-15H2,1H3/t16-,17?,25-,27?/m1/s1. The average Bonchev–Trinajstić information content (AvgIpc) is 3.12. The fraction of sp³-hybridized carbons (Fsp3) is 0.500. The number of benzene rings is 1. The highest BCUT2D eigenvalue weighted by molar-refractivity contribution is 5.82. The van der Waals surface area contributed by atoms with E-state index in [2.05, 4.69) is 47.1 Å². The molecule has 1 saturated heterocycles. The van der Waals surface area contributed by atoms with Crippen LogP contribution in [-0.2, 0) is 11.2 Å². The van der Waals surface area contributed by atoms with Crippen molar-refractivity contribution < 1.29 is 22.7 Å². The molecular formula is C28H28F3N3O2. The zero-order valence-electron chi connectivity index (χ0n) is 20.1. The first kappa shape index (κ1) is 22.3. The summed E-state index contributed by atoms with van der Waals surface area (Å²) in [6.45, 7) is 2.20. The Morgan fingerprint density at radius 3 is 2.50 bits per heavy atom. The fourth-order valence-corrected chi connectivity index (χ4v) is 7.28. The van der Waals surface area contributed by atoms with Crippen LogP contribution < -0.4 is 4.74 Å². The lowest BCUT2D eigenvalue weighted by Gasteiger charge is -2.70. The van der Waals surface area contributed by atoms with Crippen LogP contribution in [0.4, 0.5) is 13.2 Å². The molecule has 1 aromatic carbocycles. The number of carbonyl (C=O) groups excluding carboxylic acids is 1. The Balaban J connectivity index is 1.14. The van der Waals surface area contributed by atoms with Gasteiger partial charge in [0, 0.05) is 23.8 Å². The molecule has 8 rings (SSSR count). The van der Waals surface area contributed by atoms with Gasteiger partial charge in [-0.2, -0.15) is 13.2 Å². The number of aromatic nitrogens is 1. The van der Waals surface area contributed by atoms with Crippen molar-refractivity contribution in [2.75, 3.05) is 13.1 Å². The zero-order valence-corrected chi connectivity index (χ0v) is 20.1. The largest absolute Gasteiger partial charge is 0.471 e. The highest BCUT2D eigenvalue weighted by Gasteiger charge is 2.63. The topological polar surface area (TPSA) is 45.7 Å². The SMILES string of the molecule is C[C@@H]1CC2=C(Cc3ccccc32)[C@@H](c2ccc(OC3CN(C(=O)C(F)(F)F)C3)nc2)N1C12CC(C1)C2. The molecule has 1 amide bonds. The van der Waals surface area contributed by atoms with Crippen LogP contribution in [0.15, 0.2) is 48.2 Å². The monoisotopic (exact) mass is 495 g/mol. The van der Waals surface area contributed by atoms with E-state index in [0.29, 0.717) is 17.5 Å². The molecule has 2 aliphatic heterocycles. The summed E-state index contributed by atoms with van der Waals surface area (Å²) in [6, 6.07) is 13.2. The Morgan fingerprint density at radius 1 is 1.11 bits per heavy atom. The van der Waals surface area contributed by atoms with Gasteiger partial charge < -0.3 is 9.64 Å². The normalized spacial score (nSPS) is 31.2. The van der Waals surface area contributed by atoms with Crippen LogP contribution in [0, 0.1) is 5.92 Å². The van der Waals surface area contributed by atoms with Crippen LogP contribution in [0.3, 0.4) is 0 Å². The van der Waals surface area contributed by atoms with Gasteiger partial charge in [0.05, 0.1) is 19.1 Å². The highest BCUT2D eigenvalue weighted by Crippen LogP contribution is 2.65. The first-order valence-electron chi connectivity index (χ1n) is 12.8. The molecule has 2 aromatic rings. The highest BCUT2D eigenvalue weighted by atomic mass is 19.4. The zero-order chi connectivity index (χ0) is 24.8. The number of alkyl halides is 3. The third-order valence-electron chi connectivity index (χ3n) is 8.99. The molecule has 0 N–H and O–H groups in total. The van der Waals surface area contributed by atoms with Crippen molar-refractivity contribution >= 4 is 11.5 Å². The number of hydrogen-bond donors (Lipinski definition) is 0. The number of ether oxygens (including phenoxy) is 1. The van der Waals surface area contributed by atoms with Gasteiger partial charge in [0.25, 0.3) is 0 Å². The fourth-order valence-electron chi connectivity index (χ4n) is 7.28. The lowest BCUT2D eigenvalue weighted by molar-refractivity contribution is -0.193. The smallest absolute Gasteiger partial charge is 0.471 e. The number of halogens is 3. The molecule has 0 unspecified atom stereocenters. The van der Waals surface area contributed by atoms with Crippen molar-refractivity contribution in [3.63, 3.8) is 0 Å². The summed E-state index contributed by atoms with van der Waals surface area (Å²) in [6.07, 6.45) is 2.44. The Labute approximate surface area is 207 Å². The second kappa shape index (κ2) is 7.57. The van der Waals surface area contributed by atoms with Crippen molar-refractivity contribution in [3.8, 4) is 5.88 Å². The number of fused-ring (bicyclic) bond motifs is 2. The Kier molecular flexibility index (Phi) is 4.70. The van der Waals surface area contributed by atoms with Crippen LogP contribution >= 0.6 is 0 Å². The molecule has 188 valence electrons. The van der Waals surface area contributed by atoms with Gasteiger partial charge >= 0.3 is 12.1 Å². The predicted molar refractivity (Wildman–Crippen MR) is 127 cm³/mol. The molecule has 8 heteroatoms. The van der Waals surface area contributed by atoms with Crippen molar-refractivity contribution in [1.29, 1.82) is 0 Å². The average molecular weight is 496 g/mol. The Hall–Kier alpha value is -2.87. The quantitative estimate of drug-likeness (QED) is 0.604. The number of amides is 1. The summed E-state index contributed by atoms with van der Waals surface area (Å²) in [5, 5.41) is 0. The van der Waals surface area contributed by atoms with Crippen LogP contribution in [0.1, 0.15) is 55.3 Å². The maximum absolute atomic E-state index is 12.6. The van der Waals surface area contributed by atoms with E-state index < -0.39 is 18.2 Å². The molecule has 36 heavy (non-hydrogen) atoms. The van der Waals surface area contributed by atoms with Gasteiger partial charge in [-0.15, -0.1) is 0 Å². The van der Waals surface area contributed by atoms with Crippen molar-refractivity contribution in [1.82, 2.24) is 14.8 Å². The molecule has 4 aliphatic carbocycles. The van der Waals surface area contributed by atoms with Gasteiger partial charge in [-0.05, 0) is 72.8 Å². The van der Waals surface area contributed by atoms with E-state index in [1.54, 1.807) is 0 Å². The van der Waals surface area contributed by atoms with E-state index in [1.165, 1.54) is 41.5 Å². The first-order valence-corrected chi connectivity index (χ1v) is 12.8. The molecule has 0 spiro atoms. The molecule has 3 heterocycles. The Bertz CT molecular complexity index is 1250. The third kappa shape index (κ3) is 3.26. The molecule has 2 atom stereocenters. The van der Waals surface area contributed by atoms with Gasteiger partial charge in [0.15, 0.2) is 0 Å². The summed E-state index contributed by atoms with van der Waals surface area (Å²) < 4.78 is 43.6. The van der Waals surface area contributed by atoms with Crippen LogP contribution in [-0.4, -0.2) is 57.6 Å². The van der Waals surface area contributed by atoms with Crippen LogP contribution in [0.2, 0.25) is 0 Å². The lowest BCUT2D eigenvalue weighted by Crippen LogP contribution is -2.71. The number of pyridine rings is 1. The van der Waals surface area contributed by atoms with E-state index in [0.717, 1.165) is 29.2 Å². The Morgan fingerprint density at radius 2 is 1.86 bits per heavy atom. The van der Waals surface area contributed by atoms with Gasteiger partial charge in [-0.1, -0.05) is 30.3 Å². The molecular weight excluding hydrogens is 467 g/mol. The lowest BCUT2D eigenvalue weighted by atomic mass is 9.48. The minimum Gasteiger partial charge on any atom is -0.471 e. The summed E-state index contributed by atoms with van der Waals surface area (Å²) in [5.41, 5.74) is 7.19. The molecule has 6 aliphatic rings.